The minimum Gasteiger partial charge on any atom is -0.306 e. The Morgan fingerprint density at radius 2 is 0.556 bits per heavy atom. The van der Waals surface area contributed by atoms with E-state index in [0.717, 1.165) is 12.8 Å². The second-order valence-electron chi connectivity index (χ2n) is 15.3. The van der Waals surface area contributed by atoms with Gasteiger partial charge in [-0.2, -0.15) is 0 Å². The molecule has 0 aromatic heterocycles. The van der Waals surface area contributed by atoms with E-state index in [0.29, 0.717) is 19.1 Å². The highest BCUT2D eigenvalue weighted by Crippen LogP contribution is 2.64. The third-order valence-corrected chi connectivity index (χ3v) is 15.1. The van der Waals surface area contributed by atoms with Crippen LogP contribution in [0.2, 0.25) is 0 Å². The summed E-state index contributed by atoms with van der Waals surface area (Å²) in [7, 11) is -4.21. The zero-order chi connectivity index (χ0) is 33.2. The molecule has 0 amide bonds. The number of hydrogen-bond donors (Lipinski definition) is 0. The van der Waals surface area contributed by atoms with Crippen molar-refractivity contribution in [2.75, 3.05) is 39.1 Å². The first-order valence-corrected chi connectivity index (χ1v) is 25.6. The van der Waals surface area contributed by atoms with Crippen LogP contribution in [0.15, 0.2) is 0 Å². The van der Waals surface area contributed by atoms with Crippen LogP contribution in [0.4, 0.5) is 0 Å². The molecule has 0 spiro atoms. The molecule has 0 aliphatic heterocycles. The van der Waals surface area contributed by atoms with Crippen LogP contribution in [-0.2, 0) is 13.6 Å². The molecular formula is C40H85O3P2+. The van der Waals surface area contributed by atoms with Crippen molar-refractivity contribution >= 4 is 14.9 Å². The van der Waals surface area contributed by atoms with E-state index in [1.54, 1.807) is 0 Å². The quantitative estimate of drug-likeness (QED) is 0.0483. The second kappa shape index (κ2) is 34.4. The van der Waals surface area contributed by atoms with E-state index in [2.05, 4.69) is 33.8 Å². The maximum atomic E-state index is 13.5. The maximum absolute atomic E-state index is 13.5. The molecule has 45 heavy (non-hydrogen) atoms. The second-order valence-corrected chi connectivity index (χ2v) is 22.8. The summed E-state index contributed by atoms with van der Waals surface area (Å²) in [6, 6.07) is 0. The van der Waals surface area contributed by atoms with Gasteiger partial charge in [0, 0.05) is 27.3 Å². The van der Waals surface area contributed by atoms with Crippen molar-refractivity contribution in [1.29, 1.82) is 0 Å². The molecular weight excluding hydrogens is 590 g/mol. The van der Waals surface area contributed by atoms with Gasteiger partial charge in [-0.1, -0.05) is 206 Å². The van der Waals surface area contributed by atoms with Gasteiger partial charge in [-0.25, -0.2) is 0 Å². The van der Waals surface area contributed by atoms with Gasteiger partial charge in [-0.15, -0.1) is 0 Å². The monoisotopic (exact) mass is 676 g/mol. The van der Waals surface area contributed by atoms with Crippen molar-refractivity contribution in [3.8, 4) is 0 Å². The summed E-state index contributed by atoms with van der Waals surface area (Å²) in [5.74, 6) is 0.623. The zero-order valence-corrected chi connectivity index (χ0v) is 33.7. The highest BCUT2D eigenvalue weighted by molar-refractivity contribution is 7.83. The van der Waals surface area contributed by atoms with Crippen molar-refractivity contribution in [1.82, 2.24) is 0 Å². The molecule has 0 aromatic rings. The highest BCUT2D eigenvalue weighted by atomic mass is 31.2. The molecule has 0 aliphatic carbocycles. The minimum absolute atomic E-state index is 0.592. The Labute approximate surface area is 286 Å². The molecule has 0 atom stereocenters. The molecule has 0 unspecified atom stereocenters. The van der Waals surface area contributed by atoms with Crippen molar-refractivity contribution in [2.45, 2.75) is 219 Å². The van der Waals surface area contributed by atoms with E-state index < -0.39 is 14.9 Å². The molecule has 3 nitrogen and oxygen atoms in total. The Morgan fingerprint density at radius 1 is 0.356 bits per heavy atom. The van der Waals surface area contributed by atoms with Gasteiger partial charge < -0.3 is 9.05 Å². The van der Waals surface area contributed by atoms with Gasteiger partial charge in [-0.05, 0) is 12.8 Å². The van der Waals surface area contributed by atoms with Crippen LogP contribution < -0.4 is 0 Å². The van der Waals surface area contributed by atoms with Gasteiger partial charge >= 0.3 is 7.60 Å². The third kappa shape index (κ3) is 37.3. The van der Waals surface area contributed by atoms with Gasteiger partial charge in [0.05, 0.1) is 13.2 Å². The molecule has 5 heteroatoms. The van der Waals surface area contributed by atoms with Gasteiger partial charge in [0.25, 0.3) is 0 Å². The highest BCUT2D eigenvalue weighted by Gasteiger charge is 2.36. The standard InChI is InChI=1S/C40H85O3P2/c1-6-8-10-12-14-16-18-20-22-24-26-28-30-32-34-36-38-42-45(41,40-44(3,4)5)43-39-37-35-33-31-29-27-25-23-21-19-17-15-13-11-9-7-2/h6-40H2,1-5H3/q+1. The largest absolute Gasteiger partial charge is 0.367 e. The van der Waals surface area contributed by atoms with E-state index in [9.17, 15) is 4.57 Å². The summed E-state index contributed by atoms with van der Waals surface area (Å²) in [5, 5.41) is 0. The van der Waals surface area contributed by atoms with Crippen molar-refractivity contribution in [3.05, 3.63) is 0 Å². The molecule has 0 bridgehead atoms. The number of rotatable bonds is 38. The fourth-order valence-electron chi connectivity index (χ4n) is 6.35. The van der Waals surface area contributed by atoms with Crippen molar-refractivity contribution in [2.24, 2.45) is 0 Å². The lowest BCUT2D eigenvalue weighted by Gasteiger charge is -2.22. The molecule has 0 heterocycles. The Morgan fingerprint density at radius 3 is 0.756 bits per heavy atom. The van der Waals surface area contributed by atoms with Gasteiger partial charge in [0.1, 0.15) is 0 Å². The van der Waals surface area contributed by atoms with Crippen LogP contribution >= 0.6 is 14.9 Å². The summed E-state index contributed by atoms with van der Waals surface area (Å²) >= 11 is 0. The Bertz CT molecular complexity index is 577. The number of unbranched alkanes of at least 4 members (excludes halogenated alkanes) is 30. The zero-order valence-electron chi connectivity index (χ0n) is 31.9. The van der Waals surface area contributed by atoms with Crippen molar-refractivity contribution < 1.29 is 13.6 Å². The molecule has 0 saturated heterocycles. The van der Waals surface area contributed by atoms with Crippen LogP contribution in [0.1, 0.15) is 219 Å². The molecule has 0 aliphatic rings. The van der Waals surface area contributed by atoms with Gasteiger partial charge in [0.15, 0.2) is 5.90 Å². The van der Waals surface area contributed by atoms with E-state index in [4.69, 9.17) is 9.05 Å². The first-order chi connectivity index (χ1) is 21.8. The molecule has 0 rings (SSSR count). The lowest BCUT2D eigenvalue weighted by Crippen LogP contribution is -2.05. The molecule has 272 valence electrons. The summed E-state index contributed by atoms with van der Waals surface area (Å²) in [5.41, 5.74) is 0. The van der Waals surface area contributed by atoms with Crippen LogP contribution in [0.3, 0.4) is 0 Å². The molecule has 0 N–H and O–H groups in total. The molecule has 0 radical (unpaired) electrons. The Hall–Kier alpha value is 0.580. The van der Waals surface area contributed by atoms with E-state index in [1.165, 1.54) is 193 Å². The van der Waals surface area contributed by atoms with Crippen LogP contribution in [0.25, 0.3) is 0 Å². The van der Waals surface area contributed by atoms with Crippen LogP contribution in [-0.4, -0.2) is 39.1 Å². The average Bonchev–Trinajstić information content (AvgIpc) is 2.99. The molecule has 0 fully saturated rings. The fourth-order valence-corrected chi connectivity index (χ4v) is 12.0. The Kier molecular flexibility index (Phi) is 34.9. The summed E-state index contributed by atoms with van der Waals surface area (Å²) in [4.78, 5) is 0. The summed E-state index contributed by atoms with van der Waals surface area (Å²) in [6.07, 6.45) is 43.6. The first kappa shape index (κ1) is 45.6. The van der Waals surface area contributed by atoms with Crippen molar-refractivity contribution in [3.63, 3.8) is 0 Å². The summed E-state index contributed by atoms with van der Waals surface area (Å²) in [6.45, 7) is 12.5. The predicted octanol–water partition coefficient (Wildman–Crippen LogP) is 15.6. The van der Waals surface area contributed by atoms with Gasteiger partial charge in [0.2, 0.25) is 0 Å². The first-order valence-electron chi connectivity index (χ1n) is 20.5. The Balaban J connectivity index is 3.69. The lowest BCUT2D eigenvalue weighted by atomic mass is 10.0. The van der Waals surface area contributed by atoms with E-state index >= 15 is 0 Å². The molecule has 0 saturated carbocycles. The smallest absolute Gasteiger partial charge is 0.306 e. The normalized spacial score (nSPS) is 12.4. The topological polar surface area (TPSA) is 35.5 Å². The van der Waals surface area contributed by atoms with Crippen LogP contribution in [0, 0.1) is 0 Å². The maximum Gasteiger partial charge on any atom is 0.367 e. The fraction of sp³-hybridized carbons (Fsp3) is 1.00. The van der Waals surface area contributed by atoms with Gasteiger partial charge in [-0.3, -0.25) is 4.57 Å². The predicted molar refractivity (Wildman–Crippen MR) is 208 cm³/mol. The number of hydrogen-bond acceptors (Lipinski definition) is 3. The van der Waals surface area contributed by atoms with E-state index in [-0.39, 0.29) is 0 Å². The van der Waals surface area contributed by atoms with Crippen LogP contribution in [0.5, 0.6) is 0 Å². The molecule has 0 aromatic carbocycles. The lowest BCUT2D eigenvalue weighted by molar-refractivity contribution is 0.201. The third-order valence-electron chi connectivity index (χ3n) is 9.17. The van der Waals surface area contributed by atoms with E-state index in [1.807, 2.05) is 0 Å². The average molecular weight is 676 g/mol. The minimum atomic E-state index is -2.97. The SMILES string of the molecule is CCCCCCCCCCCCCCCCCCOP(=O)(C[P+](C)(C)C)OCCCCCCCCCCCCCCCCCC. The summed E-state index contributed by atoms with van der Waals surface area (Å²) < 4.78 is 25.6.